The van der Waals surface area contributed by atoms with Gasteiger partial charge in [-0.25, -0.2) is 4.98 Å². The van der Waals surface area contributed by atoms with Crippen LogP contribution in [0, 0.1) is 0 Å². The number of carbonyl (C=O) groups is 1. The van der Waals surface area contributed by atoms with Crippen LogP contribution in [0.5, 0.6) is 5.75 Å². The molecular weight excluding hydrogens is 340 g/mol. The van der Waals surface area contributed by atoms with E-state index in [1.165, 1.54) is 5.56 Å². The first-order chi connectivity index (χ1) is 13.2. The van der Waals surface area contributed by atoms with Crippen molar-refractivity contribution in [3.8, 4) is 5.75 Å². The van der Waals surface area contributed by atoms with Gasteiger partial charge in [0.15, 0.2) is 0 Å². The minimum Gasteiger partial charge on any atom is -0.497 e. The summed E-state index contributed by atoms with van der Waals surface area (Å²) in [5.74, 6) is 1.95. The molecule has 1 unspecified atom stereocenters. The molecule has 1 saturated heterocycles. The quantitative estimate of drug-likeness (QED) is 0.810. The lowest BCUT2D eigenvalue weighted by Crippen LogP contribution is -2.54. The number of rotatable bonds is 7. The van der Waals surface area contributed by atoms with E-state index in [0.717, 1.165) is 44.2 Å². The minimum absolute atomic E-state index is 0.0924. The van der Waals surface area contributed by atoms with Gasteiger partial charge in [0.25, 0.3) is 0 Å². The highest BCUT2D eigenvalue weighted by Gasteiger charge is 2.25. The van der Waals surface area contributed by atoms with Crippen LogP contribution < -0.4 is 15.0 Å². The molecule has 2 heterocycles. The number of carbonyl (C=O) groups excluding carboxylic acids is 1. The fourth-order valence-electron chi connectivity index (χ4n) is 3.31. The number of ether oxygens (including phenoxy) is 1. The van der Waals surface area contributed by atoms with Gasteiger partial charge < -0.3 is 15.0 Å². The Bertz CT molecular complexity index is 713. The summed E-state index contributed by atoms with van der Waals surface area (Å²) in [7, 11) is 1.66. The normalized spacial score (nSPS) is 16.0. The standard InChI is InChI=1S/C21H28N4O2/c1-17(21(26)23-12-10-18-6-8-19(27-2)9-7-18)24-13-15-25(16-14-24)20-5-3-4-11-22-20/h3-9,11,17H,10,12-16H2,1-2H3,(H,23,26). The number of aromatic nitrogens is 1. The number of amides is 1. The third-order valence-corrected chi connectivity index (χ3v) is 5.09. The van der Waals surface area contributed by atoms with Gasteiger partial charge in [0, 0.05) is 38.9 Å². The van der Waals surface area contributed by atoms with Crippen molar-refractivity contribution < 1.29 is 9.53 Å². The molecule has 3 rings (SSSR count). The van der Waals surface area contributed by atoms with Crippen LogP contribution in [0.25, 0.3) is 0 Å². The second-order valence-corrected chi connectivity index (χ2v) is 6.78. The van der Waals surface area contributed by atoms with Crippen LogP contribution in [-0.4, -0.2) is 61.7 Å². The lowest BCUT2D eigenvalue weighted by molar-refractivity contribution is -0.125. The lowest BCUT2D eigenvalue weighted by atomic mass is 10.1. The molecule has 1 aromatic carbocycles. The smallest absolute Gasteiger partial charge is 0.237 e. The highest BCUT2D eigenvalue weighted by Crippen LogP contribution is 2.14. The van der Waals surface area contributed by atoms with Crippen molar-refractivity contribution >= 4 is 11.7 Å². The molecule has 144 valence electrons. The molecule has 0 bridgehead atoms. The molecule has 1 fully saturated rings. The summed E-state index contributed by atoms with van der Waals surface area (Å²) in [4.78, 5) is 21.4. The number of nitrogens with zero attached hydrogens (tertiary/aromatic N) is 3. The Morgan fingerprint density at radius 3 is 2.52 bits per heavy atom. The summed E-state index contributed by atoms with van der Waals surface area (Å²) in [6.07, 6.45) is 2.64. The van der Waals surface area contributed by atoms with Gasteiger partial charge in [-0.3, -0.25) is 9.69 Å². The summed E-state index contributed by atoms with van der Waals surface area (Å²) < 4.78 is 5.16. The fraction of sp³-hybridized carbons (Fsp3) is 0.429. The molecule has 2 aromatic rings. The van der Waals surface area contributed by atoms with Gasteiger partial charge in [-0.15, -0.1) is 0 Å². The molecule has 1 aliphatic rings. The highest BCUT2D eigenvalue weighted by molar-refractivity contribution is 5.81. The van der Waals surface area contributed by atoms with Crippen molar-refractivity contribution in [3.63, 3.8) is 0 Å². The van der Waals surface area contributed by atoms with E-state index in [-0.39, 0.29) is 11.9 Å². The summed E-state index contributed by atoms with van der Waals surface area (Å²) in [5, 5.41) is 3.06. The number of benzene rings is 1. The molecule has 27 heavy (non-hydrogen) atoms. The van der Waals surface area contributed by atoms with E-state index >= 15 is 0 Å². The summed E-state index contributed by atoms with van der Waals surface area (Å²) in [5.41, 5.74) is 1.19. The number of piperazine rings is 1. The zero-order valence-electron chi connectivity index (χ0n) is 16.1. The third kappa shape index (κ3) is 5.20. The Kier molecular flexibility index (Phi) is 6.65. The van der Waals surface area contributed by atoms with Gasteiger partial charge in [0.05, 0.1) is 13.2 Å². The maximum atomic E-state index is 12.5. The maximum Gasteiger partial charge on any atom is 0.237 e. The van der Waals surface area contributed by atoms with E-state index in [0.29, 0.717) is 6.54 Å². The SMILES string of the molecule is COc1ccc(CCNC(=O)C(C)N2CCN(c3ccccn3)CC2)cc1. The monoisotopic (exact) mass is 368 g/mol. The van der Waals surface area contributed by atoms with Crippen LogP contribution in [0.2, 0.25) is 0 Å². The zero-order chi connectivity index (χ0) is 19.1. The van der Waals surface area contributed by atoms with E-state index in [2.05, 4.69) is 20.1 Å². The van der Waals surface area contributed by atoms with E-state index in [1.807, 2.05) is 55.6 Å². The van der Waals surface area contributed by atoms with Crippen molar-refractivity contribution in [2.75, 3.05) is 44.7 Å². The molecule has 6 nitrogen and oxygen atoms in total. The molecule has 1 N–H and O–H groups in total. The number of anilines is 1. The summed E-state index contributed by atoms with van der Waals surface area (Å²) in [6.45, 7) is 6.14. The second-order valence-electron chi connectivity index (χ2n) is 6.78. The average molecular weight is 368 g/mol. The van der Waals surface area contributed by atoms with Gasteiger partial charge in [-0.05, 0) is 43.2 Å². The van der Waals surface area contributed by atoms with Crippen LogP contribution in [0.3, 0.4) is 0 Å². The van der Waals surface area contributed by atoms with Crippen LogP contribution in [0.4, 0.5) is 5.82 Å². The van der Waals surface area contributed by atoms with Crippen LogP contribution in [0.15, 0.2) is 48.7 Å². The van der Waals surface area contributed by atoms with Crippen molar-refractivity contribution in [1.82, 2.24) is 15.2 Å². The van der Waals surface area contributed by atoms with Crippen LogP contribution in [-0.2, 0) is 11.2 Å². The van der Waals surface area contributed by atoms with Gasteiger partial charge in [0.2, 0.25) is 5.91 Å². The van der Waals surface area contributed by atoms with Crippen molar-refractivity contribution in [1.29, 1.82) is 0 Å². The molecule has 0 radical (unpaired) electrons. The molecular formula is C21H28N4O2. The highest BCUT2D eigenvalue weighted by atomic mass is 16.5. The number of hydrogen-bond acceptors (Lipinski definition) is 5. The van der Waals surface area contributed by atoms with Crippen LogP contribution >= 0.6 is 0 Å². The second kappa shape index (κ2) is 9.37. The molecule has 1 aromatic heterocycles. The lowest BCUT2D eigenvalue weighted by Gasteiger charge is -2.37. The van der Waals surface area contributed by atoms with E-state index in [4.69, 9.17) is 4.74 Å². The first-order valence-corrected chi connectivity index (χ1v) is 9.48. The number of hydrogen-bond donors (Lipinski definition) is 1. The van der Waals surface area contributed by atoms with E-state index in [1.54, 1.807) is 7.11 Å². The molecule has 1 aliphatic heterocycles. The topological polar surface area (TPSA) is 57.7 Å². The number of methoxy groups -OCH3 is 1. The minimum atomic E-state index is -0.119. The van der Waals surface area contributed by atoms with Gasteiger partial charge in [-0.2, -0.15) is 0 Å². The number of nitrogens with one attached hydrogen (secondary N) is 1. The Labute approximate surface area is 161 Å². The van der Waals surface area contributed by atoms with Crippen molar-refractivity contribution in [2.24, 2.45) is 0 Å². The summed E-state index contributed by atoms with van der Waals surface area (Å²) >= 11 is 0. The Hall–Kier alpha value is -2.60. The summed E-state index contributed by atoms with van der Waals surface area (Å²) in [6, 6.07) is 13.8. The van der Waals surface area contributed by atoms with E-state index in [9.17, 15) is 4.79 Å². The molecule has 0 saturated carbocycles. The first kappa shape index (κ1) is 19.2. The molecule has 0 spiro atoms. The predicted molar refractivity (Wildman–Crippen MR) is 107 cm³/mol. The van der Waals surface area contributed by atoms with Gasteiger partial charge >= 0.3 is 0 Å². The Balaban J connectivity index is 1.41. The van der Waals surface area contributed by atoms with Gasteiger partial charge in [0.1, 0.15) is 11.6 Å². The maximum absolute atomic E-state index is 12.5. The molecule has 1 atom stereocenters. The largest absolute Gasteiger partial charge is 0.497 e. The molecule has 1 amide bonds. The fourth-order valence-corrected chi connectivity index (χ4v) is 3.31. The van der Waals surface area contributed by atoms with Gasteiger partial charge in [-0.1, -0.05) is 18.2 Å². The third-order valence-electron chi connectivity index (χ3n) is 5.09. The molecule has 6 heteroatoms. The Morgan fingerprint density at radius 1 is 1.15 bits per heavy atom. The average Bonchev–Trinajstić information content (AvgIpc) is 2.74. The Morgan fingerprint density at radius 2 is 1.89 bits per heavy atom. The van der Waals surface area contributed by atoms with E-state index < -0.39 is 0 Å². The van der Waals surface area contributed by atoms with Crippen LogP contribution in [0.1, 0.15) is 12.5 Å². The number of pyridine rings is 1. The first-order valence-electron chi connectivity index (χ1n) is 9.48. The predicted octanol–water partition coefficient (Wildman–Crippen LogP) is 1.96. The van der Waals surface area contributed by atoms with Crippen molar-refractivity contribution in [2.45, 2.75) is 19.4 Å². The van der Waals surface area contributed by atoms with Crippen molar-refractivity contribution in [3.05, 3.63) is 54.2 Å². The zero-order valence-corrected chi connectivity index (χ0v) is 16.1. The molecule has 0 aliphatic carbocycles.